The number of thiophene rings is 1. The van der Waals surface area contributed by atoms with Crippen LogP contribution in [-0.2, 0) is 6.54 Å². The first kappa shape index (κ1) is 12.8. The first-order valence-corrected chi connectivity index (χ1v) is 7.24. The van der Waals surface area contributed by atoms with Crippen LogP contribution in [0.25, 0.3) is 0 Å². The van der Waals surface area contributed by atoms with Crippen molar-refractivity contribution >= 4 is 27.3 Å². The zero-order valence-electron chi connectivity index (χ0n) is 9.40. The molecule has 2 aromatic rings. The zero-order chi connectivity index (χ0) is 12.1. The second-order valence-corrected chi connectivity index (χ2v) is 5.43. The molecular formula is C13H15BrN2S. The van der Waals surface area contributed by atoms with Crippen LogP contribution in [0.5, 0.6) is 0 Å². The van der Waals surface area contributed by atoms with Crippen molar-refractivity contribution in [3.63, 3.8) is 0 Å². The lowest BCUT2D eigenvalue weighted by atomic mass is 10.1. The van der Waals surface area contributed by atoms with Gasteiger partial charge in [-0.3, -0.25) is 0 Å². The number of benzene rings is 1. The van der Waals surface area contributed by atoms with Crippen LogP contribution < -0.4 is 11.1 Å². The molecule has 90 valence electrons. The minimum atomic E-state index is 0.204. The maximum absolute atomic E-state index is 5.82. The van der Waals surface area contributed by atoms with Gasteiger partial charge >= 0.3 is 0 Å². The number of halogens is 1. The molecule has 4 heteroatoms. The molecule has 1 atom stereocenters. The molecule has 0 aliphatic rings. The minimum absolute atomic E-state index is 0.204. The summed E-state index contributed by atoms with van der Waals surface area (Å²) in [6, 6.07) is 10.6. The maximum Gasteiger partial charge on any atom is 0.0466 e. The third kappa shape index (κ3) is 3.39. The second kappa shape index (κ2) is 6.31. The van der Waals surface area contributed by atoms with Crippen LogP contribution >= 0.6 is 27.3 Å². The van der Waals surface area contributed by atoms with Gasteiger partial charge in [0.1, 0.15) is 0 Å². The topological polar surface area (TPSA) is 38.0 Å². The third-order valence-corrected chi connectivity index (χ3v) is 4.40. The summed E-state index contributed by atoms with van der Waals surface area (Å²) in [7, 11) is 0. The number of rotatable bonds is 5. The largest absolute Gasteiger partial charge is 0.329 e. The Morgan fingerprint density at radius 2 is 2.00 bits per heavy atom. The smallest absolute Gasteiger partial charge is 0.0466 e. The fourth-order valence-electron chi connectivity index (χ4n) is 1.70. The number of hydrogen-bond donors (Lipinski definition) is 2. The first-order chi connectivity index (χ1) is 8.31. The van der Waals surface area contributed by atoms with E-state index >= 15 is 0 Å². The zero-order valence-corrected chi connectivity index (χ0v) is 11.8. The van der Waals surface area contributed by atoms with E-state index in [1.54, 1.807) is 11.3 Å². The summed E-state index contributed by atoms with van der Waals surface area (Å²) < 4.78 is 1.14. The average Bonchev–Trinajstić information content (AvgIpc) is 2.78. The molecule has 0 fully saturated rings. The van der Waals surface area contributed by atoms with E-state index in [4.69, 9.17) is 5.73 Å². The minimum Gasteiger partial charge on any atom is -0.329 e. The molecule has 1 heterocycles. The average molecular weight is 311 g/mol. The van der Waals surface area contributed by atoms with Crippen LogP contribution in [0.3, 0.4) is 0 Å². The second-order valence-electron chi connectivity index (χ2n) is 3.83. The van der Waals surface area contributed by atoms with Gasteiger partial charge in [0.15, 0.2) is 0 Å². The van der Waals surface area contributed by atoms with E-state index in [2.05, 4.69) is 56.3 Å². The quantitative estimate of drug-likeness (QED) is 0.889. The van der Waals surface area contributed by atoms with Crippen molar-refractivity contribution in [3.05, 3.63) is 56.7 Å². The maximum atomic E-state index is 5.82. The molecule has 2 nitrogen and oxygen atoms in total. The fourth-order valence-corrected chi connectivity index (χ4v) is 3.32. The molecule has 3 N–H and O–H groups in total. The Kier molecular flexibility index (Phi) is 4.74. The normalized spacial score (nSPS) is 12.6. The summed E-state index contributed by atoms with van der Waals surface area (Å²) in [5, 5.41) is 7.70. The predicted molar refractivity (Wildman–Crippen MR) is 77.1 cm³/mol. The van der Waals surface area contributed by atoms with Crippen LogP contribution in [0.2, 0.25) is 0 Å². The van der Waals surface area contributed by atoms with Gasteiger partial charge in [-0.25, -0.2) is 0 Å². The standard InChI is InChI=1S/C13H15BrN2S/c14-12-9-17-8-11(12)13(6-15)16-7-10-4-2-1-3-5-10/h1-5,8-9,13,16H,6-7,15H2. The van der Waals surface area contributed by atoms with Crippen molar-refractivity contribution in [1.29, 1.82) is 0 Å². The lowest BCUT2D eigenvalue weighted by Crippen LogP contribution is -2.27. The van der Waals surface area contributed by atoms with E-state index < -0.39 is 0 Å². The molecule has 17 heavy (non-hydrogen) atoms. The van der Waals surface area contributed by atoms with Gasteiger partial charge in [-0.1, -0.05) is 30.3 Å². The lowest BCUT2D eigenvalue weighted by Gasteiger charge is -2.16. The Bertz CT molecular complexity index is 455. The van der Waals surface area contributed by atoms with E-state index in [0.29, 0.717) is 6.54 Å². The summed E-state index contributed by atoms with van der Waals surface area (Å²) in [6.45, 7) is 1.44. The Labute approximate surface area is 114 Å². The van der Waals surface area contributed by atoms with Gasteiger partial charge in [0.2, 0.25) is 0 Å². The first-order valence-electron chi connectivity index (χ1n) is 5.50. The van der Waals surface area contributed by atoms with Crippen molar-refractivity contribution < 1.29 is 0 Å². The van der Waals surface area contributed by atoms with Gasteiger partial charge in [-0.15, -0.1) is 0 Å². The summed E-state index contributed by atoms with van der Waals surface area (Å²) in [5.74, 6) is 0. The van der Waals surface area contributed by atoms with Crippen molar-refractivity contribution in [3.8, 4) is 0 Å². The number of hydrogen-bond acceptors (Lipinski definition) is 3. The Morgan fingerprint density at radius 1 is 1.24 bits per heavy atom. The highest BCUT2D eigenvalue weighted by atomic mass is 79.9. The molecule has 0 aliphatic carbocycles. The highest BCUT2D eigenvalue weighted by Gasteiger charge is 2.12. The molecular weight excluding hydrogens is 296 g/mol. The molecule has 0 aliphatic heterocycles. The van der Waals surface area contributed by atoms with Crippen LogP contribution in [0.15, 0.2) is 45.6 Å². The third-order valence-electron chi connectivity index (χ3n) is 2.65. The Hall–Kier alpha value is -0.680. The predicted octanol–water partition coefficient (Wildman–Crippen LogP) is 3.30. The molecule has 0 spiro atoms. The molecule has 0 bridgehead atoms. The molecule has 0 saturated heterocycles. The molecule has 1 aromatic heterocycles. The Morgan fingerprint density at radius 3 is 2.59 bits per heavy atom. The van der Waals surface area contributed by atoms with Crippen molar-refractivity contribution in [2.45, 2.75) is 12.6 Å². The van der Waals surface area contributed by atoms with E-state index in [0.717, 1.165) is 11.0 Å². The summed E-state index contributed by atoms with van der Waals surface area (Å²) >= 11 is 5.24. The van der Waals surface area contributed by atoms with Crippen LogP contribution in [0.1, 0.15) is 17.2 Å². The molecule has 1 aromatic carbocycles. The molecule has 0 saturated carbocycles. The van der Waals surface area contributed by atoms with E-state index in [1.165, 1.54) is 11.1 Å². The van der Waals surface area contributed by atoms with Crippen molar-refractivity contribution in [1.82, 2.24) is 5.32 Å². The molecule has 2 rings (SSSR count). The number of nitrogens with two attached hydrogens (primary N) is 1. The van der Waals surface area contributed by atoms with Gasteiger partial charge in [-0.05, 0) is 32.4 Å². The highest BCUT2D eigenvalue weighted by Crippen LogP contribution is 2.27. The summed E-state index contributed by atoms with van der Waals surface area (Å²) in [5.41, 5.74) is 8.34. The van der Waals surface area contributed by atoms with Crippen LogP contribution in [-0.4, -0.2) is 6.54 Å². The van der Waals surface area contributed by atoms with E-state index in [-0.39, 0.29) is 6.04 Å². The van der Waals surface area contributed by atoms with Crippen LogP contribution in [0.4, 0.5) is 0 Å². The van der Waals surface area contributed by atoms with Gasteiger partial charge in [0, 0.05) is 29.0 Å². The Balaban J connectivity index is 2.00. The lowest BCUT2D eigenvalue weighted by molar-refractivity contribution is 0.541. The van der Waals surface area contributed by atoms with Gasteiger partial charge in [0.25, 0.3) is 0 Å². The highest BCUT2D eigenvalue weighted by molar-refractivity contribution is 9.10. The molecule has 0 amide bonds. The van der Waals surface area contributed by atoms with Gasteiger partial charge < -0.3 is 11.1 Å². The fraction of sp³-hybridized carbons (Fsp3) is 0.231. The van der Waals surface area contributed by atoms with Gasteiger partial charge in [-0.2, -0.15) is 11.3 Å². The van der Waals surface area contributed by atoms with E-state index in [1.807, 2.05) is 6.07 Å². The summed E-state index contributed by atoms with van der Waals surface area (Å²) in [4.78, 5) is 0. The monoisotopic (exact) mass is 310 g/mol. The number of nitrogens with one attached hydrogen (secondary N) is 1. The van der Waals surface area contributed by atoms with Crippen molar-refractivity contribution in [2.75, 3.05) is 6.54 Å². The molecule has 0 radical (unpaired) electrons. The SMILES string of the molecule is NCC(NCc1ccccc1)c1cscc1Br. The van der Waals surface area contributed by atoms with Gasteiger partial charge in [0.05, 0.1) is 0 Å². The van der Waals surface area contributed by atoms with Crippen molar-refractivity contribution in [2.24, 2.45) is 5.73 Å². The summed E-state index contributed by atoms with van der Waals surface area (Å²) in [6.07, 6.45) is 0. The molecule has 1 unspecified atom stereocenters. The van der Waals surface area contributed by atoms with Crippen LogP contribution in [0, 0.1) is 0 Å². The van der Waals surface area contributed by atoms with E-state index in [9.17, 15) is 0 Å².